The van der Waals surface area contributed by atoms with E-state index < -0.39 is 6.10 Å². The van der Waals surface area contributed by atoms with Crippen LogP contribution in [0.3, 0.4) is 0 Å². The van der Waals surface area contributed by atoms with E-state index >= 15 is 0 Å². The Hall–Kier alpha value is -0.160. The molecule has 0 radical (unpaired) electrons. The molecule has 0 fully saturated rings. The number of unbranched alkanes of at least 4 members (excludes halogenated alkanes) is 5. The van der Waals surface area contributed by atoms with Gasteiger partial charge in [0.15, 0.2) is 0 Å². The first-order chi connectivity index (χ1) is 7.18. The SMILES string of the molecule is CC(O)CO.OCCCCCCCCO. The number of rotatable bonds is 8. The molecule has 0 aliphatic heterocycles. The molecule has 0 saturated heterocycles. The van der Waals surface area contributed by atoms with Crippen molar-refractivity contribution in [2.45, 2.75) is 51.6 Å². The molecule has 4 N–H and O–H groups in total. The third kappa shape index (κ3) is 24.8. The topological polar surface area (TPSA) is 80.9 Å². The number of aliphatic hydroxyl groups is 4. The van der Waals surface area contributed by atoms with Crippen molar-refractivity contribution in [3.63, 3.8) is 0 Å². The van der Waals surface area contributed by atoms with Gasteiger partial charge in [0.25, 0.3) is 0 Å². The van der Waals surface area contributed by atoms with Crippen LogP contribution in [0.15, 0.2) is 0 Å². The molecule has 0 aliphatic rings. The van der Waals surface area contributed by atoms with E-state index in [1.807, 2.05) is 0 Å². The van der Waals surface area contributed by atoms with E-state index in [1.165, 1.54) is 19.8 Å². The summed E-state index contributed by atoms with van der Waals surface area (Å²) in [4.78, 5) is 0. The van der Waals surface area contributed by atoms with E-state index in [4.69, 9.17) is 20.4 Å². The van der Waals surface area contributed by atoms with Crippen LogP contribution in [0.5, 0.6) is 0 Å². The molecule has 0 aliphatic carbocycles. The molecular formula is C11H26O4. The van der Waals surface area contributed by atoms with E-state index in [2.05, 4.69) is 0 Å². The summed E-state index contributed by atoms with van der Waals surface area (Å²) in [6.07, 6.45) is 5.94. The van der Waals surface area contributed by atoms with Gasteiger partial charge in [-0.3, -0.25) is 0 Å². The summed E-state index contributed by atoms with van der Waals surface area (Å²) in [6.45, 7) is 2.03. The Morgan fingerprint density at radius 1 is 0.733 bits per heavy atom. The minimum atomic E-state index is -0.560. The second-order valence-corrected chi connectivity index (χ2v) is 3.60. The highest BCUT2D eigenvalue weighted by Crippen LogP contribution is 2.03. The van der Waals surface area contributed by atoms with Gasteiger partial charge in [0.05, 0.1) is 12.7 Å². The summed E-state index contributed by atoms with van der Waals surface area (Å²) in [5.41, 5.74) is 0. The molecule has 0 aromatic rings. The summed E-state index contributed by atoms with van der Waals surface area (Å²) in [5.74, 6) is 0. The largest absolute Gasteiger partial charge is 0.396 e. The number of hydrogen-bond acceptors (Lipinski definition) is 4. The van der Waals surface area contributed by atoms with Crippen LogP contribution in [0.2, 0.25) is 0 Å². The van der Waals surface area contributed by atoms with Crippen molar-refractivity contribution in [2.75, 3.05) is 19.8 Å². The van der Waals surface area contributed by atoms with Crippen molar-refractivity contribution in [3.8, 4) is 0 Å². The summed E-state index contributed by atoms with van der Waals surface area (Å²) in [5, 5.41) is 32.9. The molecule has 1 unspecified atom stereocenters. The summed E-state index contributed by atoms with van der Waals surface area (Å²) in [7, 11) is 0. The third-order valence-electron chi connectivity index (χ3n) is 1.83. The average molecular weight is 222 g/mol. The van der Waals surface area contributed by atoms with Gasteiger partial charge in [0.1, 0.15) is 0 Å². The Morgan fingerprint density at radius 3 is 1.20 bits per heavy atom. The molecule has 0 saturated carbocycles. The van der Waals surface area contributed by atoms with Gasteiger partial charge >= 0.3 is 0 Å². The highest BCUT2D eigenvalue weighted by molar-refractivity contribution is 4.43. The molecule has 0 amide bonds. The van der Waals surface area contributed by atoms with Crippen LogP contribution < -0.4 is 0 Å². The zero-order valence-electron chi connectivity index (χ0n) is 9.73. The molecule has 0 spiro atoms. The van der Waals surface area contributed by atoms with Crippen LogP contribution in [0, 0.1) is 0 Å². The molecule has 15 heavy (non-hydrogen) atoms. The van der Waals surface area contributed by atoms with Gasteiger partial charge < -0.3 is 20.4 Å². The van der Waals surface area contributed by atoms with Crippen LogP contribution in [-0.4, -0.2) is 46.4 Å². The quantitative estimate of drug-likeness (QED) is 0.455. The van der Waals surface area contributed by atoms with Gasteiger partial charge in [-0.2, -0.15) is 0 Å². The Balaban J connectivity index is 0. The number of hydrogen-bond donors (Lipinski definition) is 4. The fraction of sp³-hybridized carbons (Fsp3) is 1.00. The van der Waals surface area contributed by atoms with Crippen LogP contribution in [0.4, 0.5) is 0 Å². The molecule has 0 rings (SSSR count). The van der Waals surface area contributed by atoms with Gasteiger partial charge in [-0.15, -0.1) is 0 Å². The van der Waals surface area contributed by atoms with Crippen molar-refractivity contribution in [2.24, 2.45) is 0 Å². The van der Waals surface area contributed by atoms with Crippen molar-refractivity contribution in [3.05, 3.63) is 0 Å². The van der Waals surface area contributed by atoms with Crippen LogP contribution >= 0.6 is 0 Å². The van der Waals surface area contributed by atoms with Crippen LogP contribution in [0.25, 0.3) is 0 Å². The van der Waals surface area contributed by atoms with E-state index in [1.54, 1.807) is 0 Å². The predicted molar refractivity (Wildman–Crippen MR) is 60.6 cm³/mol. The average Bonchev–Trinajstić information content (AvgIpc) is 2.24. The lowest BCUT2D eigenvalue weighted by atomic mass is 10.1. The third-order valence-corrected chi connectivity index (χ3v) is 1.83. The number of aliphatic hydroxyl groups excluding tert-OH is 4. The first-order valence-electron chi connectivity index (χ1n) is 5.69. The first-order valence-corrected chi connectivity index (χ1v) is 5.69. The summed E-state index contributed by atoms with van der Waals surface area (Å²) >= 11 is 0. The zero-order valence-corrected chi connectivity index (χ0v) is 9.73. The van der Waals surface area contributed by atoms with Crippen molar-refractivity contribution in [1.82, 2.24) is 0 Å². The highest BCUT2D eigenvalue weighted by Gasteiger charge is 1.88. The fourth-order valence-corrected chi connectivity index (χ4v) is 0.931. The summed E-state index contributed by atoms with van der Waals surface area (Å²) < 4.78 is 0. The van der Waals surface area contributed by atoms with Gasteiger partial charge in [-0.05, 0) is 19.8 Å². The molecule has 4 nitrogen and oxygen atoms in total. The zero-order chi connectivity index (χ0) is 11.9. The van der Waals surface area contributed by atoms with Crippen LogP contribution in [-0.2, 0) is 0 Å². The van der Waals surface area contributed by atoms with E-state index in [-0.39, 0.29) is 6.61 Å². The Labute approximate surface area is 92.6 Å². The predicted octanol–water partition coefficient (Wildman–Crippen LogP) is 0.671. The van der Waals surface area contributed by atoms with Gasteiger partial charge in [-0.1, -0.05) is 25.7 Å². The van der Waals surface area contributed by atoms with E-state index in [9.17, 15) is 0 Å². The highest BCUT2D eigenvalue weighted by atomic mass is 16.3. The standard InChI is InChI=1S/C8H18O2.C3H8O2/c9-7-5-3-1-2-4-6-8-10;1-3(5)2-4/h9-10H,1-8H2;3-5H,2H2,1H3. The second kappa shape index (κ2) is 16.3. The molecule has 0 aromatic heterocycles. The second-order valence-electron chi connectivity index (χ2n) is 3.60. The lowest BCUT2D eigenvalue weighted by Crippen LogP contribution is -2.03. The lowest BCUT2D eigenvalue weighted by Gasteiger charge is -1.97. The minimum Gasteiger partial charge on any atom is -0.396 e. The Morgan fingerprint density at radius 2 is 1.00 bits per heavy atom. The maximum atomic E-state index is 8.43. The molecule has 4 heteroatoms. The maximum Gasteiger partial charge on any atom is 0.0742 e. The normalized spacial score (nSPS) is 11.8. The van der Waals surface area contributed by atoms with Gasteiger partial charge in [-0.25, -0.2) is 0 Å². The first kappa shape index (κ1) is 17.2. The Kier molecular flexibility index (Phi) is 18.7. The Bertz CT molecular complexity index is 88.6. The van der Waals surface area contributed by atoms with Gasteiger partial charge in [0.2, 0.25) is 0 Å². The molecule has 1 atom stereocenters. The van der Waals surface area contributed by atoms with Crippen molar-refractivity contribution in [1.29, 1.82) is 0 Å². The molecule has 0 heterocycles. The molecule has 0 bridgehead atoms. The van der Waals surface area contributed by atoms with Gasteiger partial charge in [0, 0.05) is 13.2 Å². The smallest absolute Gasteiger partial charge is 0.0742 e. The van der Waals surface area contributed by atoms with E-state index in [0.29, 0.717) is 13.2 Å². The molecular weight excluding hydrogens is 196 g/mol. The lowest BCUT2D eigenvalue weighted by molar-refractivity contribution is 0.110. The van der Waals surface area contributed by atoms with E-state index in [0.717, 1.165) is 25.7 Å². The summed E-state index contributed by atoms with van der Waals surface area (Å²) in [6, 6.07) is 0. The van der Waals surface area contributed by atoms with Crippen molar-refractivity contribution < 1.29 is 20.4 Å². The fourth-order valence-electron chi connectivity index (χ4n) is 0.931. The maximum absolute atomic E-state index is 8.43. The van der Waals surface area contributed by atoms with Crippen molar-refractivity contribution >= 4 is 0 Å². The molecule has 94 valence electrons. The van der Waals surface area contributed by atoms with Crippen LogP contribution in [0.1, 0.15) is 45.4 Å². The molecule has 0 aromatic carbocycles. The minimum absolute atomic E-state index is 0.139. The monoisotopic (exact) mass is 222 g/mol.